The number of aromatic hydroxyl groups is 1. The minimum absolute atomic E-state index is 0.00911. The molecule has 0 aliphatic heterocycles. The third-order valence-corrected chi connectivity index (χ3v) is 7.32. The van der Waals surface area contributed by atoms with Crippen molar-refractivity contribution in [2.45, 2.75) is 38.3 Å². The van der Waals surface area contributed by atoms with Gasteiger partial charge in [-0.15, -0.1) is 0 Å². The van der Waals surface area contributed by atoms with E-state index in [1.165, 1.54) is 11.0 Å². The molecule has 3 aliphatic rings. The van der Waals surface area contributed by atoms with Crippen molar-refractivity contribution in [2.24, 2.45) is 22.7 Å². The number of amides is 1. The average molecular weight is 500 g/mol. The fraction of sp³-hybridized carbons (Fsp3) is 0.440. The van der Waals surface area contributed by atoms with Gasteiger partial charge in [-0.2, -0.15) is 0 Å². The molecule has 11 nitrogen and oxygen atoms in total. The Morgan fingerprint density at radius 2 is 1.92 bits per heavy atom. The molecule has 11 heteroatoms. The van der Waals surface area contributed by atoms with Crippen LogP contribution in [0.1, 0.15) is 37.0 Å². The number of phenols is 1. The van der Waals surface area contributed by atoms with Gasteiger partial charge in [0.15, 0.2) is 11.4 Å². The van der Waals surface area contributed by atoms with E-state index in [0.29, 0.717) is 23.4 Å². The first-order chi connectivity index (χ1) is 16.9. The minimum atomic E-state index is -2.66. The van der Waals surface area contributed by atoms with Gasteiger partial charge >= 0.3 is 0 Å². The van der Waals surface area contributed by atoms with E-state index in [-0.39, 0.29) is 29.7 Å². The zero-order valence-corrected chi connectivity index (χ0v) is 20.4. The quantitative estimate of drug-likeness (QED) is 0.221. The van der Waals surface area contributed by atoms with Crippen molar-refractivity contribution in [1.29, 1.82) is 0 Å². The summed E-state index contributed by atoms with van der Waals surface area (Å²) >= 11 is 0. The highest BCUT2D eigenvalue weighted by atomic mass is 16.6. The van der Waals surface area contributed by atoms with Gasteiger partial charge in [0, 0.05) is 17.1 Å². The minimum Gasteiger partial charge on any atom is -0.508 e. The number of benzene rings is 1. The second kappa shape index (κ2) is 8.75. The summed E-state index contributed by atoms with van der Waals surface area (Å²) < 4.78 is 0. The number of Topliss-reactive ketones (excluding diaryl/α,β-unsaturated/α-hetero) is 2. The van der Waals surface area contributed by atoms with Gasteiger partial charge in [0.05, 0.1) is 17.3 Å². The molecule has 1 fully saturated rings. The molecule has 0 aromatic heterocycles. The molecule has 0 spiro atoms. The Hall–Kier alpha value is -3.70. The number of carbonyl (C=O) groups is 3. The molecule has 1 aromatic carbocycles. The van der Waals surface area contributed by atoms with Crippen LogP contribution in [0.4, 0.5) is 0 Å². The van der Waals surface area contributed by atoms with Crippen molar-refractivity contribution >= 4 is 28.9 Å². The summed E-state index contributed by atoms with van der Waals surface area (Å²) in [5.41, 5.74) is 3.25. The van der Waals surface area contributed by atoms with Crippen LogP contribution in [0, 0.1) is 11.8 Å². The van der Waals surface area contributed by atoms with Crippen LogP contribution in [0.15, 0.2) is 34.2 Å². The van der Waals surface area contributed by atoms with Gasteiger partial charge in [-0.1, -0.05) is 5.16 Å². The molecular formula is C25H29N3O8. The number of hydrogen-bond acceptors (Lipinski definition) is 10. The number of rotatable bonds is 5. The molecule has 36 heavy (non-hydrogen) atoms. The average Bonchev–Trinajstić information content (AvgIpc) is 2.79. The van der Waals surface area contributed by atoms with E-state index in [9.17, 15) is 34.8 Å². The van der Waals surface area contributed by atoms with Crippen molar-refractivity contribution in [3.05, 3.63) is 45.7 Å². The Balaban J connectivity index is 1.96. The van der Waals surface area contributed by atoms with E-state index >= 15 is 0 Å². The Morgan fingerprint density at radius 3 is 2.50 bits per heavy atom. The van der Waals surface area contributed by atoms with Crippen molar-refractivity contribution in [2.75, 3.05) is 20.7 Å². The summed E-state index contributed by atoms with van der Waals surface area (Å²) in [6, 6.07) is 1.85. The fourth-order valence-corrected chi connectivity index (χ4v) is 5.79. The van der Waals surface area contributed by atoms with Crippen LogP contribution in [0.2, 0.25) is 0 Å². The zero-order chi connectivity index (χ0) is 26.7. The Bertz CT molecular complexity index is 1280. The molecule has 0 saturated heterocycles. The summed E-state index contributed by atoms with van der Waals surface area (Å²) in [4.78, 5) is 45.6. The number of ketones is 2. The predicted molar refractivity (Wildman–Crippen MR) is 128 cm³/mol. The Kier molecular flexibility index (Phi) is 6.17. The van der Waals surface area contributed by atoms with Crippen molar-refractivity contribution in [3.63, 3.8) is 0 Å². The first-order valence-electron chi connectivity index (χ1n) is 11.5. The molecule has 192 valence electrons. The molecule has 4 unspecified atom stereocenters. The van der Waals surface area contributed by atoms with E-state index in [2.05, 4.69) is 5.16 Å². The standard InChI is InChI=1S/C25H29N3O8/c1-5-36-27-10(2)12-6-7-15(29)17-13(12)8-11-9-14-19(28(3)4)21(31)18(24(26)34)23(33)25(14,35)22(32)16(11)20(17)30/h6-7,11,14,19,29-30,33,35H,5,8-9H2,1-4H3,(H2,26,34)/b27-10+. The van der Waals surface area contributed by atoms with E-state index in [1.54, 1.807) is 34.0 Å². The Morgan fingerprint density at radius 1 is 1.25 bits per heavy atom. The monoisotopic (exact) mass is 499 g/mol. The summed E-state index contributed by atoms with van der Waals surface area (Å²) in [5, 5.41) is 48.3. The highest BCUT2D eigenvalue weighted by molar-refractivity contribution is 6.24. The number of primary amides is 1. The molecule has 3 aliphatic carbocycles. The first-order valence-corrected chi connectivity index (χ1v) is 11.5. The SMILES string of the molecule is CCO/N=C(\C)c1ccc(O)c2c1CC1CC3C(N(C)C)C(=O)C(C(N)=O)=C(O)C3(O)C(=O)C1=C2O. The lowest BCUT2D eigenvalue weighted by Gasteiger charge is -2.50. The number of nitrogens with zero attached hydrogens (tertiary/aromatic N) is 2. The summed E-state index contributed by atoms with van der Waals surface area (Å²) in [6.07, 6.45) is 0.194. The number of oxime groups is 1. The van der Waals surface area contributed by atoms with Crippen LogP contribution in [0.25, 0.3) is 5.76 Å². The maximum absolute atomic E-state index is 13.8. The number of likely N-dealkylation sites (N-methyl/N-ethyl adjacent to an activating group) is 1. The second-order valence-electron chi connectivity index (χ2n) is 9.54. The van der Waals surface area contributed by atoms with Gasteiger partial charge in [-0.3, -0.25) is 19.3 Å². The van der Waals surface area contributed by atoms with Crippen molar-refractivity contribution in [3.8, 4) is 5.75 Å². The smallest absolute Gasteiger partial charge is 0.255 e. The summed E-state index contributed by atoms with van der Waals surface area (Å²) in [7, 11) is 3.11. The molecule has 0 heterocycles. The lowest BCUT2D eigenvalue weighted by Crippen LogP contribution is -2.65. The molecule has 1 saturated carbocycles. The maximum Gasteiger partial charge on any atom is 0.255 e. The van der Waals surface area contributed by atoms with Crippen LogP contribution < -0.4 is 5.73 Å². The number of aliphatic hydroxyl groups excluding tert-OH is 2. The molecule has 6 N–H and O–H groups in total. The third-order valence-electron chi connectivity index (χ3n) is 7.32. The Labute approximate surface area is 207 Å². The molecule has 4 rings (SSSR count). The number of nitrogens with two attached hydrogens (primary N) is 1. The van der Waals surface area contributed by atoms with Crippen LogP contribution in [0.3, 0.4) is 0 Å². The van der Waals surface area contributed by atoms with E-state index in [1.807, 2.05) is 0 Å². The lowest BCUT2D eigenvalue weighted by molar-refractivity contribution is -0.153. The fourth-order valence-electron chi connectivity index (χ4n) is 5.79. The number of hydrogen-bond donors (Lipinski definition) is 5. The zero-order valence-electron chi connectivity index (χ0n) is 20.4. The van der Waals surface area contributed by atoms with Gasteiger partial charge in [0.1, 0.15) is 29.4 Å². The maximum atomic E-state index is 13.8. The van der Waals surface area contributed by atoms with Crippen LogP contribution in [-0.2, 0) is 25.6 Å². The van der Waals surface area contributed by atoms with Gasteiger partial charge in [-0.25, -0.2) is 0 Å². The normalized spacial score (nSPS) is 28.2. The van der Waals surface area contributed by atoms with Gasteiger partial charge < -0.3 is 31.0 Å². The summed E-state index contributed by atoms with van der Waals surface area (Å²) in [6.45, 7) is 3.83. The number of aliphatic hydroxyl groups is 3. The molecular weight excluding hydrogens is 470 g/mol. The van der Waals surface area contributed by atoms with Crippen LogP contribution in [-0.4, -0.2) is 80.9 Å². The number of fused-ring (bicyclic) bond motifs is 3. The predicted octanol–water partition coefficient (Wildman–Crippen LogP) is 0.725. The molecule has 4 atom stereocenters. The highest BCUT2D eigenvalue weighted by Crippen LogP contribution is 2.52. The summed E-state index contributed by atoms with van der Waals surface area (Å²) in [5.74, 6) is -6.85. The number of carbonyl (C=O) groups excluding carboxylic acids is 3. The lowest BCUT2D eigenvalue weighted by atomic mass is 9.57. The first kappa shape index (κ1) is 25.4. The highest BCUT2D eigenvalue weighted by Gasteiger charge is 2.64. The van der Waals surface area contributed by atoms with E-state index < -0.39 is 58.0 Å². The van der Waals surface area contributed by atoms with Gasteiger partial charge in [-0.05, 0) is 64.4 Å². The third kappa shape index (κ3) is 3.41. The largest absolute Gasteiger partial charge is 0.508 e. The van der Waals surface area contributed by atoms with E-state index in [4.69, 9.17) is 10.6 Å². The topological polar surface area (TPSA) is 183 Å². The molecule has 1 aromatic rings. The van der Waals surface area contributed by atoms with Gasteiger partial charge in [0.2, 0.25) is 5.78 Å². The molecule has 0 bridgehead atoms. The second-order valence-corrected chi connectivity index (χ2v) is 9.54. The van der Waals surface area contributed by atoms with Crippen molar-refractivity contribution in [1.82, 2.24) is 4.90 Å². The van der Waals surface area contributed by atoms with Gasteiger partial charge in [0.25, 0.3) is 5.91 Å². The molecule has 0 radical (unpaired) electrons. The van der Waals surface area contributed by atoms with Crippen LogP contribution >= 0.6 is 0 Å². The van der Waals surface area contributed by atoms with Crippen LogP contribution in [0.5, 0.6) is 5.75 Å². The van der Waals surface area contributed by atoms with Crippen molar-refractivity contribution < 1.29 is 39.6 Å². The molecule has 1 amide bonds. The number of phenolic OH excluding ortho intramolecular Hbond substituents is 1. The van der Waals surface area contributed by atoms with E-state index in [0.717, 1.165) is 0 Å².